The number of hydrogen-bond acceptors (Lipinski definition) is 3. The summed E-state index contributed by atoms with van der Waals surface area (Å²) in [4.78, 5) is 5.84. The highest BCUT2D eigenvalue weighted by Crippen LogP contribution is 2.14. The third kappa shape index (κ3) is 4.24. The molecule has 0 fully saturated rings. The molecule has 72 valence electrons. The van der Waals surface area contributed by atoms with Crippen molar-refractivity contribution in [3.05, 3.63) is 24.1 Å². The Hall–Kier alpha value is -0.610. The SMILES string of the molecule is CN(C)CCSc1cccc(F)n1. The van der Waals surface area contributed by atoms with Gasteiger partial charge in [-0.25, -0.2) is 4.98 Å². The first-order chi connectivity index (χ1) is 6.18. The van der Waals surface area contributed by atoms with Gasteiger partial charge in [0.05, 0.1) is 5.03 Å². The summed E-state index contributed by atoms with van der Waals surface area (Å²) < 4.78 is 12.6. The fraction of sp³-hybridized carbons (Fsp3) is 0.444. The molecular formula is C9H13FN2S. The Balaban J connectivity index is 2.37. The van der Waals surface area contributed by atoms with Gasteiger partial charge in [0.1, 0.15) is 0 Å². The van der Waals surface area contributed by atoms with Gasteiger partial charge in [-0.05, 0) is 26.2 Å². The maximum absolute atomic E-state index is 12.6. The molecule has 0 amide bonds. The third-order valence-corrected chi connectivity index (χ3v) is 2.39. The number of halogens is 1. The van der Waals surface area contributed by atoms with Gasteiger partial charge in [0.2, 0.25) is 5.95 Å². The Kier molecular flexibility index (Phi) is 4.18. The molecule has 0 saturated carbocycles. The van der Waals surface area contributed by atoms with Crippen molar-refractivity contribution in [2.45, 2.75) is 5.03 Å². The quantitative estimate of drug-likeness (QED) is 0.545. The van der Waals surface area contributed by atoms with Crippen molar-refractivity contribution in [1.29, 1.82) is 0 Å². The van der Waals surface area contributed by atoms with Crippen LogP contribution < -0.4 is 0 Å². The minimum atomic E-state index is -0.408. The number of rotatable bonds is 4. The highest BCUT2D eigenvalue weighted by molar-refractivity contribution is 7.99. The van der Waals surface area contributed by atoms with Crippen molar-refractivity contribution in [2.24, 2.45) is 0 Å². The normalized spacial score (nSPS) is 10.8. The van der Waals surface area contributed by atoms with Crippen molar-refractivity contribution in [2.75, 3.05) is 26.4 Å². The van der Waals surface area contributed by atoms with Gasteiger partial charge in [-0.15, -0.1) is 11.8 Å². The molecule has 0 N–H and O–H groups in total. The van der Waals surface area contributed by atoms with Crippen LogP contribution >= 0.6 is 11.8 Å². The molecule has 13 heavy (non-hydrogen) atoms. The van der Waals surface area contributed by atoms with E-state index in [0.29, 0.717) is 0 Å². The summed E-state index contributed by atoms with van der Waals surface area (Å²) >= 11 is 1.57. The smallest absolute Gasteiger partial charge is 0.213 e. The fourth-order valence-electron chi connectivity index (χ4n) is 0.803. The predicted molar refractivity (Wildman–Crippen MR) is 53.5 cm³/mol. The van der Waals surface area contributed by atoms with E-state index in [4.69, 9.17) is 0 Å². The summed E-state index contributed by atoms with van der Waals surface area (Å²) in [6.45, 7) is 0.975. The molecule has 0 radical (unpaired) electrons. The molecule has 0 aliphatic carbocycles. The van der Waals surface area contributed by atoms with Crippen LogP contribution in [0.3, 0.4) is 0 Å². The number of thioether (sulfide) groups is 1. The average Bonchev–Trinajstić information content (AvgIpc) is 2.03. The van der Waals surface area contributed by atoms with E-state index in [1.165, 1.54) is 6.07 Å². The first-order valence-corrected chi connectivity index (χ1v) is 5.07. The van der Waals surface area contributed by atoms with E-state index in [0.717, 1.165) is 17.3 Å². The molecule has 0 aliphatic rings. The molecule has 0 unspecified atom stereocenters. The molecule has 0 atom stereocenters. The molecule has 0 saturated heterocycles. The van der Waals surface area contributed by atoms with E-state index < -0.39 is 5.95 Å². The topological polar surface area (TPSA) is 16.1 Å². The monoisotopic (exact) mass is 200 g/mol. The van der Waals surface area contributed by atoms with E-state index in [1.54, 1.807) is 17.8 Å². The van der Waals surface area contributed by atoms with E-state index in [1.807, 2.05) is 20.2 Å². The van der Waals surface area contributed by atoms with Gasteiger partial charge in [0, 0.05) is 12.3 Å². The minimum absolute atomic E-state index is 0.408. The van der Waals surface area contributed by atoms with E-state index in [9.17, 15) is 4.39 Å². The summed E-state index contributed by atoms with van der Waals surface area (Å²) in [5.74, 6) is 0.526. The van der Waals surface area contributed by atoms with Crippen molar-refractivity contribution >= 4 is 11.8 Å². The van der Waals surface area contributed by atoms with Crippen molar-refractivity contribution in [3.8, 4) is 0 Å². The van der Waals surface area contributed by atoms with Crippen LogP contribution in [-0.4, -0.2) is 36.3 Å². The van der Waals surface area contributed by atoms with Crippen LogP contribution in [0.5, 0.6) is 0 Å². The standard InChI is InChI=1S/C9H13FN2S/c1-12(2)6-7-13-9-5-3-4-8(10)11-9/h3-5H,6-7H2,1-2H3. The number of aromatic nitrogens is 1. The molecule has 0 aliphatic heterocycles. The lowest BCUT2D eigenvalue weighted by Gasteiger charge is -2.07. The van der Waals surface area contributed by atoms with Gasteiger partial charge in [0.25, 0.3) is 0 Å². The fourth-order valence-corrected chi connectivity index (χ4v) is 1.79. The van der Waals surface area contributed by atoms with E-state index in [-0.39, 0.29) is 0 Å². The Bertz CT molecular complexity index is 266. The van der Waals surface area contributed by atoms with Crippen LogP contribution in [0.1, 0.15) is 0 Å². The van der Waals surface area contributed by atoms with Crippen LogP contribution in [-0.2, 0) is 0 Å². The van der Waals surface area contributed by atoms with Gasteiger partial charge in [0.15, 0.2) is 0 Å². The van der Waals surface area contributed by atoms with Gasteiger partial charge < -0.3 is 4.90 Å². The average molecular weight is 200 g/mol. The van der Waals surface area contributed by atoms with Crippen LogP contribution in [0, 0.1) is 5.95 Å². The lowest BCUT2D eigenvalue weighted by Crippen LogP contribution is -2.14. The number of pyridine rings is 1. The van der Waals surface area contributed by atoms with Crippen molar-refractivity contribution in [1.82, 2.24) is 9.88 Å². The Morgan fingerprint density at radius 2 is 2.23 bits per heavy atom. The highest BCUT2D eigenvalue weighted by atomic mass is 32.2. The summed E-state index contributed by atoms with van der Waals surface area (Å²) in [6.07, 6.45) is 0. The molecular weight excluding hydrogens is 187 g/mol. The summed E-state index contributed by atoms with van der Waals surface area (Å²) in [5, 5.41) is 0.752. The van der Waals surface area contributed by atoms with Gasteiger partial charge in [-0.2, -0.15) is 4.39 Å². The zero-order valence-corrected chi connectivity index (χ0v) is 8.64. The van der Waals surface area contributed by atoms with Crippen LogP contribution in [0.2, 0.25) is 0 Å². The lowest BCUT2D eigenvalue weighted by atomic mass is 10.5. The van der Waals surface area contributed by atoms with Crippen LogP contribution in [0.25, 0.3) is 0 Å². The maximum atomic E-state index is 12.6. The molecule has 1 heterocycles. The van der Waals surface area contributed by atoms with Gasteiger partial charge >= 0.3 is 0 Å². The number of hydrogen-bond donors (Lipinski definition) is 0. The van der Waals surface area contributed by atoms with E-state index in [2.05, 4.69) is 9.88 Å². The summed E-state index contributed by atoms with van der Waals surface area (Å²) in [6, 6.07) is 4.86. The molecule has 2 nitrogen and oxygen atoms in total. The zero-order chi connectivity index (χ0) is 9.68. The Morgan fingerprint density at radius 1 is 1.46 bits per heavy atom. The molecule has 0 spiro atoms. The lowest BCUT2D eigenvalue weighted by molar-refractivity contribution is 0.437. The van der Waals surface area contributed by atoms with Crippen LogP contribution in [0.4, 0.5) is 4.39 Å². The highest BCUT2D eigenvalue weighted by Gasteiger charge is 1.97. The predicted octanol–water partition coefficient (Wildman–Crippen LogP) is 1.87. The minimum Gasteiger partial charge on any atom is -0.309 e. The molecule has 1 aromatic rings. The Labute approximate surface area is 82.2 Å². The molecule has 0 bridgehead atoms. The second kappa shape index (κ2) is 5.19. The van der Waals surface area contributed by atoms with Crippen LogP contribution in [0.15, 0.2) is 23.2 Å². The summed E-state index contributed by atoms with van der Waals surface area (Å²) in [7, 11) is 4.03. The largest absolute Gasteiger partial charge is 0.309 e. The van der Waals surface area contributed by atoms with Crippen molar-refractivity contribution < 1.29 is 4.39 Å². The zero-order valence-electron chi connectivity index (χ0n) is 7.83. The molecule has 1 aromatic heterocycles. The maximum Gasteiger partial charge on any atom is 0.213 e. The number of nitrogens with zero attached hydrogens (tertiary/aromatic N) is 2. The van der Waals surface area contributed by atoms with E-state index >= 15 is 0 Å². The van der Waals surface area contributed by atoms with Gasteiger partial charge in [-0.1, -0.05) is 6.07 Å². The third-order valence-electron chi connectivity index (χ3n) is 1.48. The second-order valence-corrected chi connectivity index (χ2v) is 4.07. The van der Waals surface area contributed by atoms with Crippen molar-refractivity contribution in [3.63, 3.8) is 0 Å². The second-order valence-electron chi connectivity index (χ2n) is 2.95. The molecule has 4 heteroatoms. The summed E-state index contributed by atoms with van der Waals surface area (Å²) in [5.41, 5.74) is 0. The first kappa shape index (κ1) is 10.5. The van der Waals surface area contributed by atoms with Gasteiger partial charge in [-0.3, -0.25) is 0 Å². The first-order valence-electron chi connectivity index (χ1n) is 4.08. The molecule has 1 rings (SSSR count). The Morgan fingerprint density at radius 3 is 2.85 bits per heavy atom. The molecule has 0 aromatic carbocycles.